The number of nitrogens with zero attached hydrogens (tertiary/aromatic N) is 2. The maximum Gasteiger partial charge on any atom is 0.152 e. The third kappa shape index (κ3) is 1.33. The highest BCUT2D eigenvalue weighted by Gasteiger charge is 2.01. The molecule has 0 spiro atoms. The highest BCUT2D eigenvalue weighted by molar-refractivity contribution is 5.88. The monoisotopic (exact) mass is 175 g/mol. The van der Waals surface area contributed by atoms with Crippen molar-refractivity contribution < 1.29 is 1.43 Å². The van der Waals surface area contributed by atoms with Crippen LogP contribution in [-0.2, 0) is 0 Å². The molecule has 0 atom stereocenters. The average Bonchev–Trinajstić information content (AvgIpc) is 2.16. The van der Waals surface area contributed by atoms with Gasteiger partial charge in [0.05, 0.1) is 0 Å². The Morgan fingerprint density at radius 2 is 2.31 bits per heavy atom. The summed E-state index contributed by atoms with van der Waals surface area (Å²) in [5.41, 5.74) is 1.93. The van der Waals surface area contributed by atoms with Gasteiger partial charge in [0.15, 0.2) is 5.82 Å². The zero-order valence-corrected chi connectivity index (χ0v) is 7.70. The van der Waals surface area contributed by atoms with E-state index in [4.69, 9.17) is 0 Å². The Morgan fingerprint density at radius 3 is 3.08 bits per heavy atom. The van der Waals surface area contributed by atoms with Crippen LogP contribution in [0.2, 0.25) is 0 Å². The summed E-state index contributed by atoms with van der Waals surface area (Å²) in [7, 11) is 1.86. The lowest BCUT2D eigenvalue weighted by Crippen LogP contribution is -1.96. The van der Waals surface area contributed by atoms with Crippen LogP contribution in [0.3, 0.4) is 0 Å². The van der Waals surface area contributed by atoms with Crippen molar-refractivity contribution in [1.29, 1.82) is 0 Å². The van der Waals surface area contributed by atoms with Crippen LogP contribution < -0.4 is 5.32 Å². The van der Waals surface area contributed by atoms with Crippen LogP contribution in [0, 0.1) is 6.92 Å². The second-order valence-corrected chi connectivity index (χ2v) is 2.94. The number of hydrogen-bond donors (Lipinski definition) is 1. The molecular formula is C10H13N3. The molecular weight excluding hydrogens is 162 g/mol. The average molecular weight is 175 g/mol. The zero-order valence-electron chi connectivity index (χ0n) is 7.70. The van der Waals surface area contributed by atoms with Gasteiger partial charge in [-0.1, -0.05) is 6.07 Å². The molecule has 0 aliphatic carbocycles. The maximum atomic E-state index is 4.35. The van der Waals surface area contributed by atoms with Crippen molar-refractivity contribution in [3.8, 4) is 0 Å². The number of rotatable bonds is 1. The Bertz CT molecular complexity index is 442. The van der Waals surface area contributed by atoms with Gasteiger partial charge in [0.2, 0.25) is 0 Å². The highest BCUT2D eigenvalue weighted by Crippen LogP contribution is 2.18. The van der Waals surface area contributed by atoms with Crippen molar-refractivity contribution in [3.05, 3.63) is 30.1 Å². The van der Waals surface area contributed by atoms with Crippen LogP contribution in [0.4, 0.5) is 5.82 Å². The lowest BCUT2D eigenvalue weighted by molar-refractivity contribution is 1.19. The molecule has 0 radical (unpaired) electrons. The lowest BCUT2D eigenvalue weighted by atomic mass is 10.2. The molecule has 3 nitrogen and oxygen atoms in total. The Balaban J connectivity index is 0.000000980. The van der Waals surface area contributed by atoms with E-state index in [2.05, 4.69) is 15.3 Å². The summed E-state index contributed by atoms with van der Waals surface area (Å²) in [5.74, 6) is 0.843. The lowest BCUT2D eigenvalue weighted by Gasteiger charge is -2.04. The first kappa shape index (κ1) is 7.98. The van der Waals surface area contributed by atoms with Crippen LogP contribution >= 0.6 is 0 Å². The van der Waals surface area contributed by atoms with Crippen LogP contribution in [-0.4, -0.2) is 17.0 Å². The summed E-state index contributed by atoms with van der Waals surface area (Å²) < 4.78 is 0. The minimum atomic E-state index is 0. The van der Waals surface area contributed by atoms with E-state index in [1.807, 2.05) is 32.2 Å². The first-order valence-corrected chi connectivity index (χ1v) is 4.21. The standard InChI is InChI=1S/C10H11N3.H2/c1-7-6-8-4-3-5-12-9(8)10(11-2)13-7;/h3-6H,1-2H3,(H,11,13);1H. The number of hydrogen-bond acceptors (Lipinski definition) is 3. The van der Waals surface area contributed by atoms with Crippen LogP contribution in [0.15, 0.2) is 24.4 Å². The van der Waals surface area contributed by atoms with Gasteiger partial charge >= 0.3 is 0 Å². The van der Waals surface area contributed by atoms with E-state index < -0.39 is 0 Å². The Hall–Kier alpha value is -1.64. The first-order valence-electron chi connectivity index (χ1n) is 4.21. The van der Waals surface area contributed by atoms with Gasteiger partial charge in [0.1, 0.15) is 5.52 Å². The number of fused-ring (bicyclic) bond motifs is 1. The van der Waals surface area contributed by atoms with Crippen molar-refractivity contribution in [2.75, 3.05) is 12.4 Å². The molecule has 2 aromatic heterocycles. The number of nitrogens with one attached hydrogen (secondary N) is 1. The molecule has 0 aliphatic rings. The van der Waals surface area contributed by atoms with E-state index >= 15 is 0 Å². The normalized spacial score (nSPS) is 10.3. The molecule has 0 bridgehead atoms. The molecule has 0 unspecified atom stereocenters. The van der Waals surface area contributed by atoms with E-state index in [0.717, 1.165) is 22.4 Å². The Morgan fingerprint density at radius 1 is 1.46 bits per heavy atom. The molecule has 68 valence electrons. The number of pyridine rings is 2. The van der Waals surface area contributed by atoms with Crippen molar-refractivity contribution in [2.45, 2.75) is 6.92 Å². The number of aryl methyl sites for hydroxylation is 1. The molecule has 13 heavy (non-hydrogen) atoms. The van der Waals surface area contributed by atoms with Crippen molar-refractivity contribution >= 4 is 16.7 Å². The van der Waals surface area contributed by atoms with Gasteiger partial charge in [0, 0.05) is 25.8 Å². The van der Waals surface area contributed by atoms with Gasteiger partial charge in [0.25, 0.3) is 0 Å². The fraction of sp³-hybridized carbons (Fsp3) is 0.200. The quantitative estimate of drug-likeness (QED) is 0.722. The molecule has 0 saturated heterocycles. The molecule has 1 N–H and O–H groups in total. The van der Waals surface area contributed by atoms with Crippen LogP contribution in [0.1, 0.15) is 7.12 Å². The largest absolute Gasteiger partial charge is 0.371 e. The third-order valence-electron chi connectivity index (χ3n) is 1.95. The van der Waals surface area contributed by atoms with Crippen molar-refractivity contribution in [2.24, 2.45) is 0 Å². The SMILES string of the molecule is CNc1nc(C)cc2cccnc12.[HH]. The molecule has 2 aromatic rings. The molecule has 2 heterocycles. The molecule has 0 aromatic carbocycles. The van der Waals surface area contributed by atoms with Gasteiger partial charge in [-0.3, -0.25) is 4.98 Å². The van der Waals surface area contributed by atoms with Gasteiger partial charge in [-0.05, 0) is 19.1 Å². The van der Waals surface area contributed by atoms with Gasteiger partial charge < -0.3 is 5.32 Å². The molecule has 3 heteroatoms. The minimum absolute atomic E-state index is 0. The summed E-state index contributed by atoms with van der Waals surface area (Å²) in [6.45, 7) is 1.98. The van der Waals surface area contributed by atoms with Gasteiger partial charge in [-0.2, -0.15) is 0 Å². The van der Waals surface area contributed by atoms with Gasteiger partial charge in [-0.15, -0.1) is 0 Å². The molecule has 0 amide bonds. The molecule has 0 saturated carbocycles. The van der Waals surface area contributed by atoms with E-state index in [9.17, 15) is 0 Å². The van der Waals surface area contributed by atoms with Crippen LogP contribution in [0.25, 0.3) is 10.9 Å². The second-order valence-electron chi connectivity index (χ2n) is 2.94. The highest BCUT2D eigenvalue weighted by atomic mass is 15.0. The van der Waals surface area contributed by atoms with Crippen LogP contribution in [0.5, 0.6) is 0 Å². The van der Waals surface area contributed by atoms with Crippen molar-refractivity contribution in [3.63, 3.8) is 0 Å². The predicted octanol–water partition coefficient (Wildman–Crippen LogP) is 2.23. The fourth-order valence-corrected chi connectivity index (χ4v) is 1.39. The smallest absolute Gasteiger partial charge is 0.152 e. The van der Waals surface area contributed by atoms with E-state index in [0.29, 0.717) is 0 Å². The minimum Gasteiger partial charge on any atom is -0.371 e. The first-order chi connectivity index (χ1) is 6.31. The third-order valence-corrected chi connectivity index (χ3v) is 1.95. The Kier molecular flexibility index (Phi) is 1.85. The summed E-state index contributed by atoms with van der Waals surface area (Å²) in [6, 6.07) is 6.00. The summed E-state index contributed by atoms with van der Waals surface area (Å²) in [6.07, 6.45) is 1.78. The Labute approximate surface area is 78.3 Å². The van der Waals surface area contributed by atoms with E-state index in [1.165, 1.54) is 0 Å². The topological polar surface area (TPSA) is 37.8 Å². The summed E-state index contributed by atoms with van der Waals surface area (Å²) in [4.78, 5) is 8.61. The number of aromatic nitrogens is 2. The second kappa shape index (κ2) is 3.01. The zero-order chi connectivity index (χ0) is 9.26. The summed E-state index contributed by atoms with van der Waals surface area (Å²) >= 11 is 0. The molecule has 0 aliphatic heterocycles. The van der Waals surface area contributed by atoms with E-state index in [-0.39, 0.29) is 1.43 Å². The molecule has 2 rings (SSSR count). The predicted molar refractivity (Wildman–Crippen MR) is 55.9 cm³/mol. The van der Waals surface area contributed by atoms with E-state index in [1.54, 1.807) is 6.20 Å². The van der Waals surface area contributed by atoms with Gasteiger partial charge in [-0.25, -0.2) is 4.98 Å². The summed E-state index contributed by atoms with van der Waals surface area (Å²) in [5, 5.41) is 4.16. The number of anilines is 1. The van der Waals surface area contributed by atoms with Crippen molar-refractivity contribution in [1.82, 2.24) is 9.97 Å². The fourth-order valence-electron chi connectivity index (χ4n) is 1.39. The molecule has 0 fully saturated rings. The maximum absolute atomic E-state index is 4.35.